The predicted octanol–water partition coefficient (Wildman–Crippen LogP) is 1.25. The molecule has 2 fully saturated rings. The first-order chi connectivity index (χ1) is 9.40. The fourth-order valence-electron chi connectivity index (χ4n) is 2.50. The van der Waals surface area contributed by atoms with E-state index in [2.05, 4.69) is 6.92 Å². The summed E-state index contributed by atoms with van der Waals surface area (Å²) in [4.78, 5) is 25.3. The average molecular weight is 284 g/mol. The number of aliphatic hydroxyl groups is 1. The fourth-order valence-corrected chi connectivity index (χ4v) is 2.50. The summed E-state index contributed by atoms with van der Waals surface area (Å²) in [5.41, 5.74) is 0. The number of hydrogen-bond acceptors (Lipinski definition) is 3. The SMILES string of the molecule is CC(=O)N1CCC(C)CC1.CC(=O)N1CCC(O)CC1. The van der Waals surface area contributed by atoms with Crippen LogP contribution in [0.2, 0.25) is 0 Å². The van der Waals surface area contributed by atoms with Crippen LogP contribution in [0.5, 0.6) is 0 Å². The first kappa shape index (κ1) is 17.0. The lowest BCUT2D eigenvalue weighted by molar-refractivity contribution is -0.131. The molecule has 2 saturated heterocycles. The molecule has 0 atom stereocenters. The van der Waals surface area contributed by atoms with Crippen LogP contribution >= 0.6 is 0 Å². The zero-order valence-corrected chi connectivity index (χ0v) is 13.0. The Balaban J connectivity index is 0.000000200. The Hall–Kier alpha value is -1.10. The summed E-state index contributed by atoms with van der Waals surface area (Å²) in [6.45, 7) is 8.84. The van der Waals surface area contributed by atoms with E-state index in [0.717, 1.165) is 44.9 Å². The van der Waals surface area contributed by atoms with Crippen LogP contribution in [0, 0.1) is 5.92 Å². The van der Waals surface area contributed by atoms with Crippen molar-refractivity contribution in [2.75, 3.05) is 26.2 Å². The molecule has 2 amide bonds. The molecule has 0 spiro atoms. The van der Waals surface area contributed by atoms with E-state index in [9.17, 15) is 9.59 Å². The molecule has 2 heterocycles. The van der Waals surface area contributed by atoms with Crippen LogP contribution in [-0.4, -0.2) is 59.0 Å². The molecule has 2 aliphatic heterocycles. The molecule has 0 saturated carbocycles. The van der Waals surface area contributed by atoms with Gasteiger partial charge in [-0.3, -0.25) is 9.59 Å². The Kier molecular flexibility index (Phi) is 6.99. The van der Waals surface area contributed by atoms with Crippen molar-refractivity contribution in [2.45, 2.75) is 52.6 Å². The van der Waals surface area contributed by atoms with Gasteiger partial charge in [0.15, 0.2) is 0 Å². The third-order valence-electron chi connectivity index (χ3n) is 4.14. The van der Waals surface area contributed by atoms with Gasteiger partial charge in [0.2, 0.25) is 11.8 Å². The van der Waals surface area contributed by atoms with Gasteiger partial charge in [0.25, 0.3) is 0 Å². The summed E-state index contributed by atoms with van der Waals surface area (Å²) in [6.07, 6.45) is 3.65. The molecule has 5 nitrogen and oxygen atoms in total. The maximum absolute atomic E-state index is 10.8. The second-order valence-electron chi connectivity index (χ2n) is 5.93. The molecule has 2 aliphatic rings. The molecule has 0 radical (unpaired) electrons. The highest BCUT2D eigenvalue weighted by Crippen LogP contribution is 2.15. The molecule has 5 heteroatoms. The highest BCUT2D eigenvalue weighted by molar-refractivity contribution is 5.73. The first-order valence-corrected chi connectivity index (χ1v) is 7.59. The van der Waals surface area contributed by atoms with Crippen LogP contribution in [0.15, 0.2) is 0 Å². The minimum absolute atomic E-state index is 0.118. The Labute approximate surface area is 121 Å². The molecule has 116 valence electrons. The number of aliphatic hydroxyl groups excluding tert-OH is 1. The van der Waals surface area contributed by atoms with Gasteiger partial charge in [-0.15, -0.1) is 0 Å². The summed E-state index contributed by atoms with van der Waals surface area (Å²) in [5.74, 6) is 1.16. The van der Waals surface area contributed by atoms with Crippen LogP contribution in [0.1, 0.15) is 46.5 Å². The molecular formula is C15H28N2O3. The molecule has 0 aromatic carbocycles. The molecule has 2 rings (SSSR count). The predicted molar refractivity (Wildman–Crippen MR) is 78.1 cm³/mol. The van der Waals surface area contributed by atoms with Crippen LogP contribution in [-0.2, 0) is 9.59 Å². The maximum atomic E-state index is 10.8. The minimum atomic E-state index is -0.185. The van der Waals surface area contributed by atoms with Crippen molar-refractivity contribution in [3.63, 3.8) is 0 Å². The van der Waals surface area contributed by atoms with Gasteiger partial charge < -0.3 is 14.9 Å². The molecule has 0 bridgehead atoms. The largest absolute Gasteiger partial charge is 0.393 e. The zero-order valence-electron chi connectivity index (χ0n) is 13.0. The summed E-state index contributed by atoms with van der Waals surface area (Å²) in [5, 5.41) is 9.07. The Morgan fingerprint density at radius 1 is 0.850 bits per heavy atom. The number of likely N-dealkylation sites (tertiary alicyclic amines) is 2. The van der Waals surface area contributed by atoms with Gasteiger partial charge in [0.1, 0.15) is 0 Å². The quantitative estimate of drug-likeness (QED) is 0.728. The van der Waals surface area contributed by atoms with Gasteiger partial charge in [0, 0.05) is 40.0 Å². The summed E-state index contributed by atoms with van der Waals surface area (Å²) in [6, 6.07) is 0. The van der Waals surface area contributed by atoms with E-state index in [1.807, 2.05) is 4.90 Å². The van der Waals surface area contributed by atoms with E-state index in [-0.39, 0.29) is 17.9 Å². The number of nitrogens with zero attached hydrogens (tertiary/aromatic N) is 2. The minimum Gasteiger partial charge on any atom is -0.393 e. The van der Waals surface area contributed by atoms with Crippen molar-refractivity contribution in [3.05, 3.63) is 0 Å². The van der Waals surface area contributed by atoms with Crippen LogP contribution < -0.4 is 0 Å². The van der Waals surface area contributed by atoms with Gasteiger partial charge in [-0.25, -0.2) is 0 Å². The maximum Gasteiger partial charge on any atom is 0.219 e. The Bertz CT molecular complexity index is 285. The van der Waals surface area contributed by atoms with Crippen LogP contribution in [0.3, 0.4) is 0 Å². The number of piperidine rings is 2. The van der Waals surface area contributed by atoms with Crippen LogP contribution in [0.25, 0.3) is 0 Å². The molecule has 0 unspecified atom stereocenters. The standard InChI is InChI=1S/C8H15NO.C7H13NO2/c1-7-3-5-9(6-4-7)8(2)10;1-6(9)8-4-2-7(10)3-5-8/h7H,3-6H2,1-2H3;7,10H,2-5H2,1H3. The molecule has 0 aromatic heterocycles. The number of rotatable bonds is 0. The molecular weight excluding hydrogens is 256 g/mol. The lowest BCUT2D eigenvalue weighted by Gasteiger charge is -2.29. The topological polar surface area (TPSA) is 60.9 Å². The molecule has 0 aromatic rings. The number of carbonyl (C=O) groups is 2. The smallest absolute Gasteiger partial charge is 0.219 e. The highest BCUT2D eigenvalue weighted by atomic mass is 16.3. The normalized spacial score (nSPS) is 21.2. The van der Waals surface area contributed by atoms with E-state index in [4.69, 9.17) is 5.11 Å². The van der Waals surface area contributed by atoms with Crippen molar-refractivity contribution in [3.8, 4) is 0 Å². The van der Waals surface area contributed by atoms with Gasteiger partial charge in [-0.1, -0.05) is 6.92 Å². The summed E-state index contributed by atoms with van der Waals surface area (Å²) in [7, 11) is 0. The Morgan fingerprint density at radius 2 is 1.20 bits per heavy atom. The van der Waals surface area contributed by atoms with E-state index in [1.165, 1.54) is 12.8 Å². The third kappa shape index (κ3) is 5.90. The molecule has 1 N–H and O–H groups in total. The first-order valence-electron chi connectivity index (χ1n) is 7.59. The van der Waals surface area contributed by atoms with E-state index >= 15 is 0 Å². The van der Waals surface area contributed by atoms with Gasteiger partial charge >= 0.3 is 0 Å². The van der Waals surface area contributed by atoms with Crippen LogP contribution in [0.4, 0.5) is 0 Å². The highest BCUT2D eigenvalue weighted by Gasteiger charge is 2.18. The van der Waals surface area contributed by atoms with Crippen molar-refractivity contribution < 1.29 is 14.7 Å². The van der Waals surface area contributed by atoms with Gasteiger partial charge in [-0.2, -0.15) is 0 Å². The van der Waals surface area contributed by atoms with Gasteiger partial charge in [-0.05, 0) is 31.6 Å². The number of carbonyl (C=O) groups excluding carboxylic acids is 2. The van der Waals surface area contributed by atoms with Crippen molar-refractivity contribution in [1.29, 1.82) is 0 Å². The second-order valence-corrected chi connectivity index (χ2v) is 5.93. The number of amides is 2. The van der Waals surface area contributed by atoms with Crippen molar-refractivity contribution >= 4 is 11.8 Å². The monoisotopic (exact) mass is 284 g/mol. The molecule has 0 aliphatic carbocycles. The van der Waals surface area contributed by atoms with Crippen molar-refractivity contribution in [1.82, 2.24) is 9.80 Å². The summed E-state index contributed by atoms with van der Waals surface area (Å²) < 4.78 is 0. The second kappa shape index (κ2) is 8.25. The third-order valence-corrected chi connectivity index (χ3v) is 4.14. The lowest BCUT2D eigenvalue weighted by Crippen LogP contribution is -2.38. The van der Waals surface area contributed by atoms with E-state index < -0.39 is 0 Å². The zero-order chi connectivity index (χ0) is 15.1. The van der Waals surface area contributed by atoms with E-state index in [0.29, 0.717) is 0 Å². The average Bonchev–Trinajstić information content (AvgIpc) is 2.40. The lowest BCUT2D eigenvalue weighted by atomic mass is 9.99. The van der Waals surface area contributed by atoms with Crippen molar-refractivity contribution in [2.24, 2.45) is 5.92 Å². The summed E-state index contributed by atoms with van der Waals surface area (Å²) >= 11 is 0. The molecule has 20 heavy (non-hydrogen) atoms. The van der Waals surface area contributed by atoms with Gasteiger partial charge in [0.05, 0.1) is 6.10 Å². The Morgan fingerprint density at radius 3 is 1.55 bits per heavy atom. The van der Waals surface area contributed by atoms with E-state index in [1.54, 1.807) is 18.7 Å². The number of hydrogen-bond donors (Lipinski definition) is 1. The fraction of sp³-hybridized carbons (Fsp3) is 0.867.